The van der Waals surface area contributed by atoms with Crippen LogP contribution in [0, 0.1) is 13.8 Å². The van der Waals surface area contributed by atoms with Gasteiger partial charge < -0.3 is 15.5 Å². The van der Waals surface area contributed by atoms with Gasteiger partial charge in [-0.1, -0.05) is 57.0 Å². The standard InChI is InChI=1S/C32H43NO4/c1-8-32(9-2,25-13-15-27(22(4)19-25)28(34)33-30(6,7)29(35)36)24-12-14-26(21(3)18-24)23(5)20-31(37)16-10-11-17-31/h12-15,18-20,37H,8-11,16-17H2,1-7H3,(H,33,34)(H,35,36)/b23-20-. The minimum absolute atomic E-state index is 0.218. The van der Waals surface area contributed by atoms with Crippen molar-refractivity contribution >= 4 is 17.4 Å². The molecule has 0 spiro atoms. The SMILES string of the molecule is CCC(CC)(c1ccc(C(=O)NC(C)(C)C(=O)O)c(C)c1)c1ccc(/C(C)=C\C2(O)CCCC2)c(C)c1. The minimum Gasteiger partial charge on any atom is -0.480 e. The number of hydrogen-bond donors (Lipinski definition) is 3. The lowest BCUT2D eigenvalue weighted by molar-refractivity contribution is -0.143. The summed E-state index contributed by atoms with van der Waals surface area (Å²) in [5, 5.41) is 22.9. The first-order valence-electron chi connectivity index (χ1n) is 13.5. The van der Waals surface area contributed by atoms with Gasteiger partial charge in [0.15, 0.2) is 0 Å². The summed E-state index contributed by atoms with van der Waals surface area (Å²) in [5.41, 5.74) is 4.88. The van der Waals surface area contributed by atoms with E-state index < -0.39 is 17.1 Å². The van der Waals surface area contributed by atoms with Gasteiger partial charge in [-0.15, -0.1) is 0 Å². The molecule has 0 atom stereocenters. The van der Waals surface area contributed by atoms with Crippen molar-refractivity contribution in [1.29, 1.82) is 0 Å². The molecule has 1 aliphatic rings. The van der Waals surface area contributed by atoms with Gasteiger partial charge in [-0.3, -0.25) is 4.79 Å². The van der Waals surface area contributed by atoms with Crippen LogP contribution in [0.15, 0.2) is 42.5 Å². The fraction of sp³-hybridized carbons (Fsp3) is 0.500. The summed E-state index contributed by atoms with van der Waals surface area (Å²) in [5.74, 6) is -1.46. The Bertz CT molecular complexity index is 1200. The summed E-state index contributed by atoms with van der Waals surface area (Å²) in [6, 6.07) is 12.5. The minimum atomic E-state index is -1.35. The van der Waals surface area contributed by atoms with E-state index in [4.69, 9.17) is 0 Å². The predicted octanol–water partition coefficient (Wildman–Crippen LogP) is 6.71. The molecule has 37 heavy (non-hydrogen) atoms. The van der Waals surface area contributed by atoms with Crippen LogP contribution in [-0.4, -0.2) is 33.2 Å². The smallest absolute Gasteiger partial charge is 0.328 e. The molecule has 0 aromatic heterocycles. The second-order valence-corrected chi connectivity index (χ2v) is 11.4. The van der Waals surface area contributed by atoms with Gasteiger partial charge in [0, 0.05) is 11.0 Å². The number of allylic oxidation sites excluding steroid dienone is 1. The van der Waals surface area contributed by atoms with Crippen LogP contribution in [0.4, 0.5) is 0 Å². The molecule has 2 aromatic carbocycles. The highest BCUT2D eigenvalue weighted by molar-refractivity contribution is 5.98. The number of carbonyl (C=O) groups is 2. The Labute approximate surface area is 222 Å². The van der Waals surface area contributed by atoms with Crippen molar-refractivity contribution in [3.05, 3.63) is 75.9 Å². The van der Waals surface area contributed by atoms with Gasteiger partial charge in [0.25, 0.3) is 5.91 Å². The van der Waals surface area contributed by atoms with Crippen molar-refractivity contribution in [3.8, 4) is 0 Å². The summed E-state index contributed by atoms with van der Waals surface area (Å²) < 4.78 is 0. The number of carbonyl (C=O) groups excluding carboxylic acids is 1. The number of hydrogen-bond acceptors (Lipinski definition) is 3. The zero-order chi connectivity index (χ0) is 27.6. The van der Waals surface area contributed by atoms with E-state index in [0.29, 0.717) is 5.56 Å². The number of aliphatic carboxylic acids is 1. The van der Waals surface area contributed by atoms with Crippen molar-refractivity contribution in [3.63, 3.8) is 0 Å². The number of carboxylic acid groups (broad SMARTS) is 1. The lowest BCUT2D eigenvalue weighted by atomic mass is 9.69. The van der Waals surface area contributed by atoms with E-state index in [9.17, 15) is 19.8 Å². The van der Waals surface area contributed by atoms with Crippen LogP contribution in [0.3, 0.4) is 0 Å². The molecule has 200 valence electrons. The van der Waals surface area contributed by atoms with E-state index in [0.717, 1.165) is 60.8 Å². The van der Waals surface area contributed by atoms with Crippen LogP contribution in [0.2, 0.25) is 0 Å². The van der Waals surface area contributed by atoms with Crippen LogP contribution in [0.25, 0.3) is 5.57 Å². The normalized spacial score (nSPS) is 16.1. The van der Waals surface area contributed by atoms with Crippen LogP contribution in [0.5, 0.6) is 0 Å². The Kier molecular flexibility index (Phi) is 8.38. The van der Waals surface area contributed by atoms with Crippen molar-refractivity contribution in [1.82, 2.24) is 5.32 Å². The zero-order valence-electron chi connectivity index (χ0n) is 23.5. The topological polar surface area (TPSA) is 86.6 Å². The first-order valence-corrected chi connectivity index (χ1v) is 13.5. The second-order valence-electron chi connectivity index (χ2n) is 11.4. The molecule has 0 radical (unpaired) electrons. The molecule has 1 saturated carbocycles. The molecule has 5 nitrogen and oxygen atoms in total. The molecule has 0 bridgehead atoms. The molecule has 5 heteroatoms. The highest BCUT2D eigenvalue weighted by atomic mass is 16.4. The lowest BCUT2D eigenvalue weighted by Crippen LogP contribution is -2.49. The summed E-state index contributed by atoms with van der Waals surface area (Å²) in [7, 11) is 0. The number of aliphatic hydroxyl groups is 1. The molecule has 1 fully saturated rings. The maximum atomic E-state index is 12.9. The molecule has 3 rings (SSSR count). The van der Waals surface area contributed by atoms with E-state index in [2.05, 4.69) is 57.3 Å². The van der Waals surface area contributed by atoms with Crippen LogP contribution < -0.4 is 5.32 Å². The van der Waals surface area contributed by atoms with Crippen molar-refractivity contribution < 1.29 is 19.8 Å². The number of amides is 1. The third-order valence-corrected chi connectivity index (χ3v) is 8.35. The van der Waals surface area contributed by atoms with Crippen molar-refractivity contribution in [2.24, 2.45) is 0 Å². The van der Waals surface area contributed by atoms with Gasteiger partial charge in [-0.25, -0.2) is 4.79 Å². The Balaban J connectivity index is 1.97. The van der Waals surface area contributed by atoms with Gasteiger partial charge in [0.1, 0.15) is 5.54 Å². The third kappa shape index (κ3) is 5.82. The Morgan fingerprint density at radius 3 is 1.86 bits per heavy atom. The fourth-order valence-electron chi connectivity index (χ4n) is 5.87. The Morgan fingerprint density at radius 1 is 0.946 bits per heavy atom. The molecule has 3 N–H and O–H groups in total. The Morgan fingerprint density at radius 2 is 1.43 bits per heavy atom. The van der Waals surface area contributed by atoms with Crippen molar-refractivity contribution in [2.45, 2.75) is 104 Å². The maximum Gasteiger partial charge on any atom is 0.328 e. The van der Waals surface area contributed by atoms with Crippen LogP contribution >= 0.6 is 0 Å². The highest BCUT2D eigenvalue weighted by Gasteiger charge is 2.34. The first kappa shape index (κ1) is 28.6. The van der Waals surface area contributed by atoms with E-state index in [1.165, 1.54) is 25.0 Å². The van der Waals surface area contributed by atoms with E-state index in [-0.39, 0.29) is 11.3 Å². The van der Waals surface area contributed by atoms with E-state index in [1.54, 1.807) is 0 Å². The van der Waals surface area contributed by atoms with E-state index >= 15 is 0 Å². The van der Waals surface area contributed by atoms with E-state index in [1.807, 2.05) is 25.1 Å². The summed E-state index contributed by atoms with van der Waals surface area (Å²) >= 11 is 0. The molecular formula is C32H43NO4. The largest absolute Gasteiger partial charge is 0.480 e. The molecule has 1 amide bonds. The van der Waals surface area contributed by atoms with Gasteiger partial charge in [-0.05, 0) is 106 Å². The summed E-state index contributed by atoms with van der Waals surface area (Å²) in [4.78, 5) is 24.3. The Hall–Kier alpha value is -2.92. The van der Waals surface area contributed by atoms with Gasteiger partial charge >= 0.3 is 5.97 Å². The predicted molar refractivity (Wildman–Crippen MR) is 150 cm³/mol. The highest BCUT2D eigenvalue weighted by Crippen LogP contribution is 2.41. The first-order chi connectivity index (χ1) is 17.3. The number of carboxylic acids is 1. The molecule has 0 aliphatic heterocycles. The summed E-state index contributed by atoms with van der Waals surface area (Å²) in [6.45, 7) is 13.5. The number of benzene rings is 2. The van der Waals surface area contributed by atoms with Gasteiger partial charge in [-0.2, -0.15) is 0 Å². The van der Waals surface area contributed by atoms with Crippen molar-refractivity contribution in [2.75, 3.05) is 0 Å². The fourth-order valence-corrected chi connectivity index (χ4v) is 5.87. The van der Waals surface area contributed by atoms with Crippen LogP contribution in [-0.2, 0) is 10.2 Å². The molecule has 0 heterocycles. The zero-order valence-corrected chi connectivity index (χ0v) is 23.5. The summed E-state index contributed by atoms with van der Waals surface area (Å²) in [6.07, 6.45) is 7.65. The van der Waals surface area contributed by atoms with Gasteiger partial charge in [0.05, 0.1) is 5.60 Å². The molecule has 0 saturated heterocycles. The molecular weight excluding hydrogens is 462 g/mol. The molecule has 1 aliphatic carbocycles. The quantitative estimate of drug-likeness (QED) is 0.353. The maximum absolute atomic E-state index is 12.9. The van der Waals surface area contributed by atoms with Crippen LogP contribution in [0.1, 0.15) is 111 Å². The average molecular weight is 506 g/mol. The number of aryl methyl sites for hydroxylation is 2. The van der Waals surface area contributed by atoms with Gasteiger partial charge in [0.2, 0.25) is 0 Å². The number of nitrogens with one attached hydrogen (secondary N) is 1. The molecule has 2 aromatic rings. The number of rotatable bonds is 9. The molecule has 0 unspecified atom stereocenters. The lowest BCUT2D eigenvalue weighted by Gasteiger charge is -2.34. The second kappa shape index (κ2) is 10.8. The average Bonchev–Trinajstić information content (AvgIpc) is 3.25. The monoisotopic (exact) mass is 505 g/mol. The third-order valence-electron chi connectivity index (χ3n) is 8.35.